The summed E-state index contributed by atoms with van der Waals surface area (Å²) in [4.78, 5) is 16.4. The van der Waals surface area contributed by atoms with Gasteiger partial charge in [0.1, 0.15) is 5.82 Å². The van der Waals surface area contributed by atoms with Gasteiger partial charge in [-0.05, 0) is 54.4 Å². The Hall–Kier alpha value is -1.56. The van der Waals surface area contributed by atoms with Gasteiger partial charge in [-0.1, -0.05) is 35.0 Å². The van der Waals surface area contributed by atoms with Crippen LogP contribution < -0.4 is 5.32 Å². The minimum atomic E-state index is -0.326. The van der Waals surface area contributed by atoms with Gasteiger partial charge in [-0.2, -0.15) is 0 Å². The molecule has 2 aromatic carbocycles. The molecule has 0 aromatic heterocycles. The second kappa shape index (κ2) is 6.91. The van der Waals surface area contributed by atoms with E-state index in [1.54, 1.807) is 30.3 Å². The molecule has 23 heavy (non-hydrogen) atoms. The number of halogens is 3. The molecule has 1 N–H and O–H groups in total. The molecule has 0 spiro atoms. The number of carbonyl (C=O) groups excluding carboxylic acids is 1. The Kier molecular flexibility index (Phi) is 4.90. The molecule has 0 bridgehead atoms. The van der Waals surface area contributed by atoms with Crippen LogP contribution in [-0.2, 0) is 11.2 Å². The molecule has 1 unspecified atom stereocenters. The molecule has 1 atom stereocenters. The smallest absolute Gasteiger partial charge is 0.239 e. The topological polar surface area (TPSA) is 41.5 Å². The number of aliphatic imine (C=N–C) groups is 1. The Morgan fingerprint density at radius 1 is 1.13 bits per heavy atom. The van der Waals surface area contributed by atoms with Gasteiger partial charge in [0.05, 0.1) is 10.9 Å². The summed E-state index contributed by atoms with van der Waals surface area (Å²) in [7, 11) is 0. The third kappa shape index (κ3) is 4.25. The molecule has 7 heteroatoms. The fourth-order valence-electron chi connectivity index (χ4n) is 2.17. The summed E-state index contributed by atoms with van der Waals surface area (Å²) in [6.45, 7) is 0. The van der Waals surface area contributed by atoms with Gasteiger partial charge in [-0.25, -0.2) is 9.38 Å². The van der Waals surface area contributed by atoms with Crippen molar-refractivity contribution in [2.75, 3.05) is 0 Å². The maximum atomic E-state index is 12.9. The zero-order valence-electron chi connectivity index (χ0n) is 11.7. The van der Waals surface area contributed by atoms with Crippen molar-refractivity contribution in [1.29, 1.82) is 0 Å². The molecule has 3 nitrogen and oxygen atoms in total. The average Bonchev–Trinajstić information content (AvgIpc) is 2.80. The summed E-state index contributed by atoms with van der Waals surface area (Å²) >= 11 is 13.3. The van der Waals surface area contributed by atoms with Crippen LogP contribution in [0.2, 0.25) is 10.0 Å². The lowest BCUT2D eigenvalue weighted by molar-refractivity contribution is -0.118. The highest BCUT2D eigenvalue weighted by atomic mass is 35.5. The number of thioether (sulfide) groups is 1. The minimum Gasteiger partial charge on any atom is -0.304 e. The van der Waals surface area contributed by atoms with E-state index in [2.05, 4.69) is 10.3 Å². The number of rotatable bonds is 3. The fourth-order valence-corrected chi connectivity index (χ4v) is 3.77. The second-order valence-electron chi connectivity index (χ2n) is 4.97. The summed E-state index contributed by atoms with van der Waals surface area (Å²) in [5, 5.41) is 4.00. The fraction of sp³-hybridized carbons (Fsp3) is 0.125. The maximum Gasteiger partial charge on any atom is 0.239 e. The standard InChI is InChI=1S/C16H11Cl2FN2OS/c17-10-5-9(6-11(18)8-10)7-14-15(22)21-16(23-14)20-13-3-1-12(19)2-4-13/h1-6,8,14H,7H2,(H,20,21,22). The molecule has 1 heterocycles. The first-order valence-electron chi connectivity index (χ1n) is 6.76. The van der Waals surface area contributed by atoms with Gasteiger partial charge in [0, 0.05) is 10.0 Å². The highest BCUT2D eigenvalue weighted by Gasteiger charge is 2.30. The molecule has 118 valence electrons. The van der Waals surface area contributed by atoms with Crippen molar-refractivity contribution in [2.45, 2.75) is 11.7 Å². The molecule has 1 aliphatic rings. The lowest BCUT2D eigenvalue weighted by atomic mass is 10.1. The molecule has 1 fully saturated rings. The first-order chi connectivity index (χ1) is 11.0. The number of hydrogen-bond donors (Lipinski definition) is 1. The highest BCUT2D eigenvalue weighted by Crippen LogP contribution is 2.28. The summed E-state index contributed by atoms with van der Waals surface area (Å²) in [6, 6.07) is 11.0. The van der Waals surface area contributed by atoms with Gasteiger partial charge in [-0.15, -0.1) is 0 Å². The predicted octanol–water partition coefficient (Wildman–Crippen LogP) is 4.59. The summed E-state index contributed by atoms with van der Waals surface area (Å²) in [5.74, 6) is -0.445. The first kappa shape index (κ1) is 16.3. The molecule has 3 rings (SSSR count). The van der Waals surface area contributed by atoms with Crippen LogP contribution in [0.5, 0.6) is 0 Å². The van der Waals surface area contributed by atoms with Gasteiger partial charge in [0.25, 0.3) is 0 Å². The number of hydrogen-bond acceptors (Lipinski definition) is 3. The third-order valence-corrected chi connectivity index (χ3v) is 4.70. The van der Waals surface area contributed by atoms with Crippen molar-refractivity contribution in [2.24, 2.45) is 4.99 Å². The van der Waals surface area contributed by atoms with E-state index in [1.807, 2.05) is 0 Å². The van der Waals surface area contributed by atoms with Crippen LogP contribution >= 0.6 is 35.0 Å². The van der Waals surface area contributed by atoms with Crippen molar-refractivity contribution < 1.29 is 9.18 Å². The Labute approximate surface area is 146 Å². The second-order valence-corrected chi connectivity index (χ2v) is 7.04. The van der Waals surface area contributed by atoms with Gasteiger partial charge in [-0.3, -0.25) is 4.79 Å². The van der Waals surface area contributed by atoms with E-state index in [1.165, 1.54) is 23.9 Å². The van der Waals surface area contributed by atoms with E-state index >= 15 is 0 Å². The Balaban J connectivity index is 1.73. The summed E-state index contributed by atoms with van der Waals surface area (Å²) in [6.07, 6.45) is 0.499. The van der Waals surface area contributed by atoms with Crippen molar-refractivity contribution in [3.8, 4) is 0 Å². The number of amides is 1. The zero-order valence-corrected chi connectivity index (χ0v) is 14.1. The molecule has 0 aliphatic carbocycles. The summed E-state index contributed by atoms with van der Waals surface area (Å²) in [5.41, 5.74) is 1.47. The Bertz CT molecular complexity index is 760. The minimum absolute atomic E-state index is 0.119. The van der Waals surface area contributed by atoms with Crippen molar-refractivity contribution in [3.63, 3.8) is 0 Å². The Morgan fingerprint density at radius 2 is 1.78 bits per heavy atom. The molecule has 0 saturated carbocycles. The van der Waals surface area contributed by atoms with Crippen LogP contribution in [0.25, 0.3) is 0 Å². The van der Waals surface area contributed by atoms with Gasteiger partial charge >= 0.3 is 0 Å². The quantitative estimate of drug-likeness (QED) is 0.860. The average molecular weight is 369 g/mol. The van der Waals surface area contributed by atoms with Crippen LogP contribution in [0, 0.1) is 5.82 Å². The van der Waals surface area contributed by atoms with Gasteiger partial charge in [0.2, 0.25) is 5.91 Å². The first-order valence-corrected chi connectivity index (χ1v) is 8.40. The summed E-state index contributed by atoms with van der Waals surface area (Å²) < 4.78 is 12.9. The molecule has 1 aliphatic heterocycles. The SMILES string of the molecule is O=C1NC(=Nc2ccc(F)cc2)SC1Cc1cc(Cl)cc(Cl)c1. The predicted molar refractivity (Wildman–Crippen MR) is 93.2 cm³/mol. The van der Waals surface area contributed by atoms with E-state index < -0.39 is 0 Å². The molecular weight excluding hydrogens is 358 g/mol. The molecule has 1 saturated heterocycles. The zero-order chi connectivity index (χ0) is 16.4. The highest BCUT2D eigenvalue weighted by molar-refractivity contribution is 8.15. The molecular formula is C16H11Cl2FN2OS. The Morgan fingerprint density at radius 3 is 2.43 bits per heavy atom. The lowest BCUT2D eigenvalue weighted by Gasteiger charge is -2.06. The van der Waals surface area contributed by atoms with E-state index in [-0.39, 0.29) is 17.0 Å². The molecule has 2 aromatic rings. The van der Waals surface area contributed by atoms with Crippen molar-refractivity contribution in [1.82, 2.24) is 5.32 Å². The number of benzene rings is 2. The van der Waals surface area contributed by atoms with E-state index in [9.17, 15) is 9.18 Å². The van der Waals surface area contributed by atoms with Crippen molar-refractivity contribution in [3.05, 3.63) is 63.9 Å². The molecule has 0 radical (unpaired) electrons. The van der Waals surface area contributed by atoms with Crippen LogP contribution in [0.1, 0.15) is 5.56 Å². The van der Waals surface area contributed by atoms with Crippen LogP contribution in [-0.4, -0.2) is 16.3 Å². The van der Waals surface area contributed by atoms with Crippen LogP contribution in [0.15, 0.2) is 47.5 Å². The third-order valence-electron chi connectivity index (χ3n) is 3.18. The monoisotopic (exact) mass is 368 g/mol. The van der Waals surface area contributed by atoms with Gasteiger partial charge in [0.15, 0.2) is 5.17 Å². The lowest BCUT2D eigenvalue weighted by Crippen LogP contribution is -2.25. The normalized spacial score (nSPS) is 19.2. The maximum absolute atomic E-state index is 12.9. The number of nitrogens with one attached hydrogen (secondary N) is 1. The van der Waals surface area contributed by atoms with Gasteiger partial charge < -0.3 is 5.32 Å². The molecule has 1 amide bonds. The van der Waals surface area contributed by atoms with Crippen LogP contribution in [0.3, 0.4) is 0 Å². The van der Waals surface area contributed by atoms with Crippen molar-refractivity contribution >= 4 is 51.7 Å². The van der Waals surface area contributed by atoms with E-state index in [4.69, 9.17) is 23.2 Å². The largest absolute Gasteiger partial charge is 0.304 e. The number of carbonyl (C=O) groups is 1. The van der Waals surface area contributed by atoms with E-state index in [0.29, 0.717) is 27.3 Å². The number of nitrogens with zero attached hydrogens (tertiary/aromatic N) is 1. The van der Waals surface area contributed by atoms with E-state index in [0.717, 1.165) is 5.56 Å². The number of amidine groups is 1. The van der Waals surface area contributed by atoms with Crippen LogP contribution in [0.4, 0.5) is 10.1 Å².